The molecule has 0 spiro atoms. The van der Waals surface area contributed by atoms with E-state index in [0.29, 0.717) is 0 Å². The van der Waals surface area contributed by atoms with E-state index in [-0.39, 0.29) is 0 Å². The lowest BCUT2D eigenvalue weighted by Crippen LogP contribution is -1.96. The molecule has 0 amide bonds. The summed E-state index contributed by atoms with van der Waals surface area (Å²) in [5.41, 5.74) is 0. The van der Waals surface area contributed by atoms with Crippen molar-refractivity contribution in [1.82, 2.24) is 0 Å². The van der Waals surface area contributed by atoms with Crippen LogP contribution in [-0.4, -0.2) is 13.2 Å². The molecular weight excluding hydrogens is 160 g/mol. The Bertz CT molecular complexity index is 71.2. The molecule has 1 heteroatoms. The van der Waals surface area contributed by atoms with Crippen LogP contribution >= 0.6 is 0 Å². The maximum atomic E-state index is 5.47. The number of ether oxygens (including phenoxy) is 1. The summed E-state index contributed by atoms with van der Waals surface area (Å²) in [5.74, 6) is 0. The van der Waals surface area contributed by atoms with E-state index in [9.17, 15) is 0 Å². The van der Waals surface area contributed by atoms with Crippen LogP contribution in [0.25, 0.3) is 0 Å². The highest BCUT2D eigenvalue weighted by Crippen LogP contribution is 2.04. The van der Waals surface area contributed by atoms with Crippen LogP contribution in [0.15, 0.2) is 0 Å². The van der Waals surface area contributed by atoms with E-state index < -0.39 is 0 Å². The molecule has 0 bridgehead atoms. The maximum absolute atomic E-state index is 5.47. The summed E-state index contributed by atoms with van der Waals surface area (Å²) in [6.07, 6.45) is 10.1. The van der Waals surface area contributed by atoms with Crippen molar-refractivity contribution >= 4 is 0 Å². The smallest absolute Gasteiger partial charge is 0.0466 e. The first-order chi connectivity index (χ1) is 6.41. The third kappa shape index (κ3) is 12.0. The van der Waals surface area contributed by atoms with E-state index in [0.717, 1.165) is 19.6 Å². The molecule has 1 nitrogen and oxygen atoms in total. The van der Waals surface area contributed by atoms with Gasteiger partial charge in [0.15, 0.2) is 0 Å². The fraction of sp³-hybridized carbons (Fsp3) is 0.917. The maximum Gasteiger partial charge on any atom is 0.0466 e. The molecule has 0 rings (SSSR count). The molecule has 0 heterocycles. The van der Waals surface area contributed by atoms with Crippen LogP contribution in [0, 0.1) is 6.92 Å². The molecule has 0 aromatic heterocycles. The molecule has 0 aliphatic rings. The van der Waals surface area contributed by atoms with Gasteiger partial charge >= 0.3 is 0 Å². The Morgan fingerprint density at radius 2 is 1.46 bits per heavy atom. The topological polar surface area (TPSA) is 9.23 Å². The van der Waals surface area contributed by atoms with Gasteiger partial charge in [-0.25, -0.2) is 0 Å². The molecule has 0 atom stereocenters. The molecule has 0 aliphatic heterocycles. The van der Waals surface area contributed by atoms with Gasteiger partial charge in [0.05, 0.1) is 0 Å². The van der Waals surface area contributed by atoms with Gasteiger partial charge in [0.2, 0.25) is 0 Å². The van der Waals surface area contributed by atoms with Crippen molar-refractivity contribution in [3.63, 3.8) is 0 Å². The second-order valence-corrected chi connectivity index (χ2v) is 3.59. The van der Waals surface area contributed by atoms with Gasteiger partial charge in [-0.15, -0.1) is 0 Å². The first-order valence-electron chi connectivity index (χ1n) is 5.78. The second kappa shape index (κ2) is 12.0. The lowest BCUT2D eigenvalue weighted by atomic mass is 10.1. The molecule has 0 saturated heterocycles. The summed E-state index contributed by atoms with van der Waals surface area (Å²) in [4.78, 5) is 0. The molecule has 0 N–H and O–H groups in total. The van der Waals surface area contributed by atoms with Crippen molar-refractivity contribution in [2.45, 2.75) is 58.3 Å². The third-order valence-corrected chi connectivity index (χ3v) is 2.18. The summed E-state index contributed by atoms with van der Waals surface area (Å²) in [5, 5.41) is 0. The van der Waals surface area contributed by atoms with E-state index in [1.807, 2.05) is 0 Å². The first-order valence-corrected chi connectivity index (χ1v) is 5.78. The number of unbranched alkanes of at least 4 members (excludes halogenated alkanes) is 6. The van der Waals surface area contributed by atoms with Gasteiger partial charge in [-0.2, -0.15) is 0 Å². The van der Waals surface area contributed by atoms with Crippen molar-refractivity contribution in [3.05, 3.63) is 6.92 Å². The van der Waals surface area contributed by atoms with E-state index in [2.05, 4.69) is 13.8 Å². The van der Waals surface area contributed by atoms with Crippen LogP contribution < -0.4 is 0 Å². The molecule has 13 heavy (non-hydrogen) atoms. The van der Waals surface area contributed by atoms with Crippen LogP contribution in [0.5, 0.6) is 0 Å². The fourth-order valence-electron chi connectivity index (χ4n) is 1.26. The van der Waals surface area contributed by atoms with Gasteiger partial charge in [0, 0.05) is 13.2 Å². The van der Waals surface area contributed by atoms with Crippen molar-refractivity contribution < 1.29 is 4.74 Å². The van der Waals surface area contributed by atoms with Crippen LogP contribution in [0.3, 0.4) is 0 Å². The standard InChI is InChI=1S/C12H25O/c1-3-5-7-8-9-10-12-13-11-6-4-2/h1,3-12H2,2H3. The van der Waals surface area contributed by atoms with Crippen molar-refractivity contribution in [2.24, 2.45) is 0 Å². The Balaban J connectivity index is 2.76. The highest BCUT2D eigenvalue weighted by atomic mass is 16.5. The summed E-state index contributed by atoms with van der Waals surface area (Å²) in [7, 11) is 0. The van der Waals surface area contributed by atoms with Gasteiger partial charge in [0.25, 0.3) is 0 Å². The van der Waals surface area contributed by atoms with E-state index in [1.54, 1.807) is 0 Å². The van der Waals surface area contributed by atoms with Crippen LogP contribution in [-0.2, 0) is 4.74 Å². The molecule has 0 aromatic carbocycles. The molecular formula is C12H25O. The lowest BCUT2D eigenvalue weighted by molar-refractivity contribution is 0.127. The summed E-state index contributed by atoms with van der Waals surface area (Å²) >= 11 is 0. The predicted octanol–water partition coefficient (Wildman–Crippen LogP) is 3.98. The fourth-order valence-corrected chi connectivity index (χ4v) is 1.26. The zero-order chi connectivity index (χ0) is 9.78. The minimum absolute atomic E-state index is 0.954. The zero-order valence-electron chi connectivity index (χ0n) is 9.19. The molecule has 0 aliphatic carbocycles. The number of rotatable bonds is 10. The van der Waals surface area contributed by atoms with E-state index >= 15 is 0 Å². The van der Waals surface area contributed by atoms with Crippen molar-refractivity contribution in [3.8, 4) is 0 Å². The SMILES string of the molecule is [CH2]CCCCCCCOCCCC. The minimum Gasteiger partial charge on any atom is -0.381 e. The van der Waals surface area contributed by atoms with Crippen LogP contribution in [0.1, 0.15) is 58.3 Å². The van der Waals surface area contributed by atoms with Gasteiger partial charge < -0.3 is 4.74 Å². The highest BCUT2D eigenvalue weighted by molar-refractivity contribution is 4.46. The number of hydrogen-bond acceptors (Lipinski definition) is 1. The Morgan fingerprint density at radius 1 is 0.846 bits per heavy atom. The van der Waals surface area contributed by atoms with Gasteiger partial charge in [-0.05, 0) is 12.8 Å². The minimum atomic E-state index is 0.954. The highest BCUT2D eigenvalue weighted by Gasteiger charge is 1.90. The predicted molar refractivity (Wildman–Crippen MR) is 58.8 cm³/mol. The van der Waals surface area contributed by atoms with Crippen LogP contribution in [0.2, 0.25) is 0 Å². The van der Waals surface area contributed by atoms with Gasteiger partial charge in [-0.1, -0.05) is 52.4 Å². The normalized spacial score (nSPS) is 10.6. The molecule has 0 fully saturated rings. The van der Waals surface area contributed by atoms with E-state index in [4.69, 9.17) is 4.74 Å². The summed E-state index contributed by atoms with van der Waals surface area (Å²) < 4.78 is 5.47. The lowest BCUT2D eigenvalue weighted by Gasteiger charge is -2.02. The zero-order valence-corrected chi connectivity index (χ0v) is 9.19. The van der Waals surface area contributed by atoms with Crippen molar-refractivity contribution in [2.75, 3.05) is 13.2 Å². The molecule has 0 saturated carbocycles. The quantitative estimate of drug-likeness (QED) is 0.468. The number of hydrogen-bond donors (Lipinski definition) is 0. The third-order valence-electron chi connectivity index (χ3n) is 2.18. The first kappa shape index (κ1) is 13.0. The monoisotopic (exact) mass is 185 g/mol. The largest absolute Gasteiger partial charge is 0.381 e. The average molecular weight is 185 g/mol. The second-order valence-electron chi connectivity index (χ2n) is 3.59. The summed E-state index contributed by atoms with van der Waals surface area (Å²) in [6.45, 7) is 7.94. The molecule has 1 radical (unpaired) electrons. The van der Waals surface area contributed by atoms with Gasteiger partial charge in [0.1, 0.15) is 0 Å². The van der Waals surface area contributed by atoms with Crippen molar-refractivity contribution in [1.29, 1.82) is 0 Å². The molecule has 0 aromatic rings. The Morgan fingerprint density at radius 3 is 2.15 bits per heavy atom. The molecule has 0 unspecified atom stereocenters. The average Bonchev–Trinajstić information content (AvgIpc) is 2.16. The molecule has 79 valence electrons. The Hall–Kier alpha value is -0.0400. The summed E-state index contributed by atoms with van der Waals surface area (Å²) in [6, 6.07) is 0. The van der Waals surface area contributed by atoms with Crippen LogP contribution in [0.4, 0.5) is 0 Å². The van der Waals surface area contributed by atoms with E-state index in [1.165, 1.54) is 44.9 Å². The Kier molecular flexibility index (Phi) is 11.9. The van der Waals surface area contributed by atoms with Gasteiger partial charge in [-0.3, -0.25) is 0 Å². The Labute approximate surface area is 83.9 Å².